The van der Waals surface area contributed by atoms with Crippen LogP contribution >= 0.6 is 11.8 Å². The van der Waals surface area contributed by atoms with Crippen LogP contribution in [0.4, 0.5) is 9.18 Å². The first-order valence-electron chi connectivity index (χ1n) is 8.81. The summed E-state index contributed by atoms with van der Waals surface area (Å²) in [6, 6.07) is 5.45. The highest BCUT2D eigenvalue weighted by Crippen LogP contribution is 2.25. The van der Waals surface area contributed by atoms with Crippen LogP contribution in [0.25, 0.3) is 11.4 Å². The number of benzene rings is 1. The van der Waals surface area contributed by atoms with Crippen LogP contribution in [-0.4, -0.2) is 45.6 Å². The first-order valence-corrected chi connectivity index (χ1v) is 9.79. The Balaban J connectivity index is 1.80. The van der Waals surface area contributed by atoms with E-state index in [0.29, 0.717) is 34.2 Å². The number of aromatic amines is 1. The third-order valence-corrected chi connectivity index (χ3v) is 4.96. The molecule has 0 saturated heterocycles. The average molecular weight is 405 g/mol. The summed E-state index contributed by atoms with van der Waals surface area (Å²) in [7, 11) is 0. The number of aromatic nitrogens is 3. The molecular weight excluding hydrogens is 385 g/mol. The Kier molecular flexibility index (Phi) is 6.30. The maximum Gasteiger partial charge on any atom is 0.337 e. The summed E-state index contributed by atoms with van der Waals surface area (Å²) in [4.78, 5) is 28.6. The Bertz CT molecular complexity index is 914. The van der Waals surface area contributed by atoms with E-state index in [2.05, 4.69) is 25.8 Å². The SMILES string of the molecule is CCOC(=O)C1=C(CSc2n[nH]c(-c3ccccc3F)n2)NC(=O)N[C@@H]1CC. The van der Waals surface area contributed by atoms with Crippen LogP contribution in [0.2, 0.25) is 0 Å². The minimum absolute atomic E-state index is 0.236. The van der Waals surface area contributed by atoms with Crippen molar-refractivity contribution in [3.8, 4) is 11.4 Å². The number of rotatable bonds is 7. The molecule has 1 aliphatic heterocycles. The second-order valence-corrected chi connectivity index (χ2v) is 6.85. The molecule has 0 spiro atoms. The van der Waals surface area contributed by atoms with Gasteiger partial charge in [0, 0.05) is 11.4 Å². The summed E-state index contributed by atoms with van der Waals surface area (Å²) in [5.74, 6) is -0.313. The number of nitrogens with zero attached hydrogens (tertiary/aromatic N) is 2. The molecule has 2 heterocycles. The van der Waals surface area contributed by atoms with Gasteiger partial charge in [-0.2, -0.15) is 0 Å². The highest BCUT2D eigenvalue weighted by molar-refractivity contribution is 7.99. The van der Waals surface area contributed by atoms with Gasteiger partial charge in [0.1, 0.15) is 5.82 Å². The molecule has 1 aromatic heterocycles. The van der Waals surface area contributed by atoms with Crippen LogP contribution in [0.5, 0.6) is 0 Å². The number of carbonyl (C=O) groups is 2. The van der Waals surface area contributed by atoms with Crippen molar-refractivity contribution in [2.24, 2.45) is 0 Å². The van der Waals surface area contributed by atoms with Crippen molar-refractivity contribution in [3.63, 3.8) is 0 Å². The topological polar surface area (TPSA) is 109 Å². The number of amides is 2. The zero-order valence-electron chi connectivity index (χ0n) is 15.4. The standard InChI is InChI=1S/C18H20FN5O3S/c1-3-12-14(16(25)27-4-2)13(21-17(26)20-12)9-28-18-22-15(23-24-18)10-7-5-6-8-11(10)19/h5-8,12H,3-4,9H2,1-2H3,(H2,20,21,26)(H,22,23,24)/t12-/m1/s1. The fourth-order valence-electron chi connectivity index (χ4n) is 2.80. The summed E-state index contributed by atoms with van der Waals surface area (Å²) in [5, 5.41) is 12.5. The lowest BCUT2D eigenvalue weighted by Gasteiger charge is -2.28. The molecule has 0 unspecified atom stereocenters. The average Bonchev–Trinajstić information content (AvgIpc) is 3.15. The number of H-pyrrole nitrogens is 1. The van der Waals surface area contributed by atoms with Gasteiger partial charge in [-0.3, -0.25) is 5.10 Å². The summed E-state index contributed by atoms with van der Waals surface area (Å²) in [6.45, 7) is 3.83. The van der Waals surface area contributed by atoms with Crippen molar-refractivity contribution in [3.05, 3.63) is 41.4 Å². The number of carbonyl (C=O) groups excluding carboxylic acids is 2. The Morgan fingerprint density at radius 1 is 1.32 bits per heavy atom. The van der Waals surface area contributed by atoms with E-state index < -0.39 is 17.8 Å². The molecule has 1 atom stereocenters. The largest absolute Gasteiger partial charge is 0.463 e. The molecule has 0 aliphatic carbocycles. The summed E-state index contributed by atoms with van der Waals surface area (Å²) in [5.41, 5.74) is 1.16. The first kappa shape index (κ1) is 19.9. The van der Waals surface area contributed by atoms with Gasteiger partial charge >= 0.3 is 12.0 Å². The van der Waals surface area contributed by atoms with E-state index in [1.54, 1.807) is 25.1 Å². The number of urea groups is 1. The van der Waals surface area contributed by atoms with Crippen LogP contribution in [0, 0.1) is 5.82 Å². The molecule has 3 N–H and O–H groups in total. The molecule has 8 nitrogen and oxygen atoms in total. The zero-order chi connectivity index (χ0) is 20.1. The van der Waals surface area contributed by atoms with Crippen molar-refractivity contribution in [2.45, 2.75) is 31.5 Å². The van der Waals surface area contributed by atoms with Crippen LogP contribution < -0.4 is 10.6 Å². The number of nitrogens with one attached hydrogen (secondary N) is 3. The summed E-state index contributed by atoms with van der Waals surface area (Å²) < 4.78 is 19.0. The van der Waals surface area contributed by atoms with Crippen molar-refractivity contribution >= 4 is 23.8 Å². The van der Waals surface area contributed by atoms with Crippen LogP contribution in [0.1, 0.15) is 20.3 Å². The molecule has 2 amide bonds. The molecule has 2 aromatic rings. The van der Waals surface area contributed by atoms with Gasteiger partial charge in [-0.25, -0.2) is 19.0 Å². The quantitative estimate of drug-likeness (QED) is 0.483. The fraction of sp³-hybridized carbons (Fsp3) is 0.333. The molecule has 0 bridgehead atoms. The van der Waals surface area contributed by atoms with E-state index >= 15 is 0 Å². The predicted molar refractivity (Wildman–Crippen MR) is 102 cm³/mol. The summed E-state index contributed by atoms with van der Waals surface area (Å²) >= 11 is 1.22. The second-order valence-electron chi connectivity index (χ2n) is 5.91. The van der Waals surface area contributed by atoms with Gasteiger partial charge in [-0.05, 0) is 25.5 Å². The van der Waals surface area contributed by atoms with Gasteiger partial charge < -0.3 is 15.4 Å². The van der Waals surface area contributed by atoms with Gasteiger partial charge in [0.05, 0.1) is 23.8 Å². The predicted octanol–water partition coefficient (Wildman–Crippen LogP) is 2.61. The van der Waals surface area contributed by atoms with Gasteiger partial charge in [0.15, 0.2) is 5.82 Å². The lowest BCUT2D eigenvalue weighted by atomic mass is 10.0. The Hall–Kier alpha value is -2.88. The number of halogens is 1. The Morgan fingerprint density at radius 3 is 2.82 bits per heavy atom. The van der Waals surface area contributed by atoms with Gasteiger partial charge in [-0.1, -0.05) is 30.8 Å². The third kappa shape index (κ3) is 4.33. The minimum Gasteiger partial charge on any atom is -0.463 e. The molecule has 28 heavy (non-hydrogen) atoms. The minimum atomic E-state index is -0.473. The monoisotopic (exact) mass is 405 g/mol. The van der Waals surface area contributed by atoms with E-state index in [-0.39, 0.29) is 18.4 Å². The summed E-state index contributed by atoms with van der Waals surface area (Å²) in [6.07, 6.45) is 0.549. The molecular formula is C18H20FN5O3S. The highest BCUT2D eigenvalue weighted by atomic mass is 32.2. The third-order valence-electron chi connectivity index (χ3n) is 4.09. The van der Waals surface area contributed by atoms with E-state index in [4.69, 9.17) is 4.74 Å². The van der Waals surface area contributed by atoms with Gasteiger partial charge in [-0.15, -0.1) is 5.10 Å². The van der Waals surface area contributed by atoms with Crippen LogP contribution in [-0.2, 0) is 9.53 Å². The molecule has 0 saturated carbocycles. The molecule has 0 fully saturated rings. The van der Waals surface area contributed by atoms with E-state index in [1.165, 1.54) is 17.8 Å². The zero-order valence-corrected chi connectivity index (χ0v) is 16.2. The molecule has 1 aromatic carbocycles. The van der Waals surface area contributed by atoms with Crippen molar-refractivity contribution in [2.75, 3.05) is 12.4 Å². The first-order chi connectivity index (χ1) is 13.5. The maximum atomic E-state index is 13.9. The molecule has 0 radical (unpaired) electrons. The van der Waals surface area contributed by atoms with Crippen LogP contribution in [0.15, 0.2) is 40.7 Å². The second kappa shape index (κ2) is 8.87. The number of ether oxygens (including phenoxy) is 1. The van der Waals surface area contributed by atoms with Crippen LogP contribution in [0.3, 0.4) is 0 Å². The molecule has 148 valence electrons. The van der Waals surface area contributed by atoms with Gasteiger partial charge in [0.25, 0.3) is 0 Å². The highest BCUT2D eigenvalue weighted by Gasteiger charge is 2.31. The van der Waals surface area contributed by atoms with Crippen molar-refractivity contribution in [1.82, 2.24) is 25.8 Å². The van der Waals surface area contributed by atoms with E-state index in [9.17, 15) is 14.0 Å². The Morgan fingerprint density at radius 2 is 2.11 bits per heavy atom. The van der Waals surface area contributed by atoms with Gasteiger partial charge in [0.2, 0.25) is 5.16 Å². The number of esters is 1. The maximum absolute atomic E-state index is 13.9. The van der Waals surface area contributed by atoms with Crippen molar-refractivity contribution in [1.29, 1.82) is 0 Å². The lowest BCUT2D eigenvalue weighted by Crippen LogP contribution is -2.50. The molecule has 1 aliphatic rings. The normalized spacial score (nSPS) is 16.5. The number of hydrogen-bond acceptors (Lipinski definition) is 6. The fourth-order valence-corrected chi connectivity index (χ4v) is 3.56. The van der Waals surface area contributed by atoms with E-state index in [0.717, 1.165) is 0 Å². The Labute approximate surface area is 165 Å². The smallest absolute Gasteiger partial charge is 0.337 e. The van der Waals surface area contributed by atoms with Crippen molar-refractivity contribution < 1.29 is 18.7 Å². The van der Waals surface area contributed by atoms with E-state index in [1.807, 2.05) is 6.92 Å². The number of thioether (sulfide) groups is 1. The lowest BCUT2D eigenvalue weighted by molar-refractivity contribution is -0.139. The molecule has 10 heteroatoms. The number of hydrogen-bond donors (Lipinski definition) is 3. The molecule has 3 rings (SSSR count).